The van der Waals surface area contributed by atoms with Crippen LogP contribution < -0.4 is 5.32 Å². The lowest BCUT2D eigenvalue weighted by Gasteiger charge is -2.29. The number of hydrogen-bond acceptors (Lipinski definition) is 4. The van der Waals surface area contributed by atoms with Crippen LogP contribution in [0, 0.1) is 0 Å². The molecule has 1 unspecified atom stereocenters. The SMILES string of the molecule is CCN(CC)C(CNC(=O)c1coc(Br)c1)c1ccsc1. The lowest BCUT2D eigenvalue weighted by atomic mass is 10.1. The van der Waals surface area contributed by atoms with Crippen LogP contribution in [0.3, 0.4) is 0 Å². The summed E-state index contributed by atoms with van der Waals surface area (Å²) in [5, 5.41) is 7.21. The largest absolute Gasteiger partial charge is 0.457 e. The zero-order chi connectivity index (χ0) is 15.2. The Labute approximate surface area is 137 Å². The molecular weight excluding hydrogens is 352 g/mol. The Kier molecular flexibility index (Phi) is 6.02. The second kappa shape index (κ2) is 7.77. The van der Waals surface area contributed by atoms with E-state index >= 15 is 0 Å². The summed E-state index contributed by atoms with van der Waals surface area (Å²) < 4.78 is 5.66. The Morgan fingerprint density at radius 3 is 2.76 bits per heavy atom. The minimum Gasteiger partial charge on any atom is -0.457 e. The summed E-state index contributed by atoms with van der Waals surface area (Å²) >= 11 is 4.88. The van der Waals surface area contributed by atoms with Gasteiger partial charge in [-0.25, -0.2) is 0 Å². The molecule has 0 aliphatic heterocycles. The van der Waals surface area contributed by atoms with E-state index in [4.69, 9.17) is 4.42 Å². The first kappa shape index (κ1) is 16.3. The molecule has 1 amide bonds. The Morgan fingerprint density at radius 1 is 1.48 bits per heavy atom. The smallest absolute Gasteiger partial charge is 0.254 e. The number of rotatable bonds is 7. The van der Waals surface area contributed by atoms with Gasteiger partial charge in [-0.15, -0.1) is 0 Å². The summed E-state index contributed by atoms with van der Waals surface area (Å²) in [5.41, 5.74) is 1.78. The molecule has 1 N–H and O–H groups in total. The fraction of sp³-hybridized carbons (Fsp3) is 0.400. The van der Waals surface area contributed by atoms with Crippen LogP contribution in [0.5, 0.6) is 0 Å². The van der Waals surface area contributed by atoms with Gasteiger partial charge < -0.3 is 9.73 Å². The van der Waals surface area contributed by atoms with Gasteiger partial charge in [0, 0.05) is 12.6 Å². The van der Waals surface area contributed by atoms with Gasteiger partial charge in [0.1, 0.15) is 6.26 Å². The highest BCUT2D eigenvalue weighted by molar-refractivity contribution is 9.10. The van der Waals surface area contributed by atoms with E-state index in [0.29, 0.717) is 16.8 Å². The van der Waals surface area contributed by atoms with E-state index in [0.717, 1.165) is 13.1 Å². The van der Waals surface area contributed by atoms with Gasteiger partial charge in [-0.05, 0) is 51.4 Å². The zero-order valence-corrected chi connectivity index (χ0v) is 14.5. The third-order valence-electron chi connectivity index (χ3n) is 3.47. The van der Waals surface area contributed by atoms with E-state index < -0.39 is 0 Å². The van der Waals surface area contributed by atoms with Gasteiger partial charge in [0.05, 0.1) is 11.6 Å². The van der Waals surface area contributed by atoms with Crippen LogP contribution in [0.15, 0.2) is 38.2 Å². The molecule has 0 saturated carbocycles. The Morgan fingerprint density at radius 2 is 2.24 bits per heavy atom. The lowest BCUT2D eigenvalue weighted by molar-refractivity contribution is 0.0934. The Balaban J connectivity index is 2.04. The van der Waals surface area contributed by atoms with E-state index in [9.17, 15) is 4.79 Å². The van der Waals surface area contributed by atoms with Crippen molar-refractivity contribution in [2.24, 2.45) is 0 Å². The van der Waals surface area contributed by atoms with Crippen LogP contribution in [0.4, 0.5) is 0 Å². The predicted molar refractivity (Wildman–Crippen MR) is 88.7 cm³/mol. The van der Waals surface area contributed by atoms with Crippen LogP contribution in [-0.4, -0.2) is 30.4 Å². The molecule has 21 heavy (non-hydrogen) atoms. The van der Waals surface area contributed by atoms with Crippen molar-refractivity contribution >= 4 is 33.2 Å². The first-order valence-electron chi connectivity index (χ1n) is 6.94. The van der Waals surface area contributed by atoms with Crippen molar-refractivity contribution in [3.63, 3.8) is 0 Å². The van der Waals surface area contributed by atoms with Gasteiger partial charge in [-0.1, -0.05) is 13.8 Å². The molecule has 0 radical (unpaired) electrons. The monoisotopic (exact) mass is 370 g/mol. The summed E-state index contributed by atoms with van der Waals surface area (Å²) in [6, 6.07) is 3.99. The van der Waals surface area contributed by atoms with Crippen molar-refractivity contribution in [1.29, 1.82) is 0 Å². The maximum absolute atomic E-state index is 12.1. The molecule has 0 fully saturated rings. The average Bonchev–Trinajstić information content (AvgIpc) is 3.14. The molecule has 6 heteroatoms. The molecule has 0 aliphatic rings. The second-order valence-electron chi connectivity index (χ2n) is 4.64. The van der Waals surface area contributed by atoms with Crippen molar-refractivity contribution in [1.82, 2.24) is 10.2 Å². The molecule has 0 bridgehead atoms. The molecule has 1 atom stereocenters. The average molecular weight is 371 g/mol. The number of likely N-dealkylation sites (N-methyl/N-ethyl adjacent to an activating group) is 1. The van der Waals surface area contributed by atoms with E-state index in [1.54, 1.807) is 17.4 Å². The summed E-state index contributed by atoms with van der Waals surface area (Å²) in [5.74, 6) is -0.114. The van der Waals surface area contributed by atoms with Gasteiger partial charge in [0.25, 0.3) is 5.91 Å². The van der Waals surface area contributed by atoms with Crippen molar-refractivity contribution in [2.45, 2.75) is 19.9 Å². The number of amides is 1. The molecule has 0 aliphatic carbocycles. The molecule has 2 aromatic rings. The first-order chi connectivity index (χ1) is 10.2. The standard InChI is InChI=1S/C15H19BrN2O2S/c1-3-18(4-2)13(11-5-6-21-10-11)8-17-15(19)12-7-14(16)20-9-12/h5-7,9-10,13H,3-4,8H2,1-2H3,(H,17,19). The molecule has 0 spiro atoms. The fourth-order valence-corrected chi connectivity index (χ4v) is 3.35. The topological polar surface area (TPSA) is 45.5 Å². The third kappa shape index (κ3) is 4.18. The molecule has 114 valence electrons. The van der Waals surface area contributed by atoms with Crippen LogP contribution in [0.25, 0.3) is 0 Å². The van der Waals surface area contributed by atoms with E-state index in [1.807, 2.05) is 0 Å². The van der Waals surface area contributed by atoms with Crippen LogP contribution in [0.1, 0.15) is 35.8 Å². The Bertz CT molecular complexity index is 564. The molecule has 2 rings (SSSR count). The van der Waals surface area contributed by atoms with E-state index in [1.165, 1.54) is 11.8 Å². The molecule has 4 nitrogen and oxygen atoms in total. The van der Waals surface area contributed by atoms with Gasteiger partial charge in [0.2, 0.25) is 0 Å². The summed E-state index contributed by atoms with van der Waals surface area (Å²) in [4.78, 5) is 14.5. The second-order valence-corrected chi connectivity index (χ2v) is 6.20. The normalized spacial score (nSPS) is 12.6. The highest BCUT2D eigenvalue weighted by Crippen LogP contribution is 2.22. The number of carbonyl (C=O) groups is 1. The number of carbonyl (C=O) groups excluding carboxylic acids is 1. The highest BCUT2D eigenvalue weighted by atomic mass is 79.9. The van der Waals surface area contributed by atoms with Crippen molar-refractivity contribution in [3.05, 3.63) is 45.0 Å². The number of hydrogen-bond donors (Lipinski definition) is 1. The van der Waals surface area contributed by atoms with Crippen LogP contribution in [-0.2, 0) is 0 Å². The molecular formula is C15H19BrN2O2S. The zero-order valence-electron chi connectivity index (χ0n) is 12.1. The van der Waals surface area contributed by atoms with E-state index in [-0.39, 0.29) is 11.9 Å². The minimum atomic E-state index is -0.114. The predicted octanol–water partition coefficient (Wildman–Crippen LogP) is 3.92. The summed E-state index contributed by atoms with van der Waals surface area (Å²) in [6.45, 7) is 6.75. The number of halogens is 1. The Hall–Kier alpha value is -1.11. The molecule has 0 saturated heterocycles. The summed E-state index contributed by atoms with van der Waals surface area (Å²) in [7, 11) is 0. The van der Waals surface area contributed by atoms with Crippen molar-refractivity contribution in [3.8, 4) is 0 Å². The first-order valence-corrected chi connectivity index (χ1v) is 8.67. The number of furan rings is 1. The van der Waals surface area contributed by atoms with Gasteiger partial charge in [-0.2, -0.15) is 11.3 Å². The lowest BCUT2D eigenvalue weighted by Crippen LogP contribution is -2.37. The minimum absolute atomic E-state index is 0.114. The van der Waals surface area contributed by atoms with Gasteiger partial charge in [-0.3, -0.25) is 9.69 Å². The fourth-order valence-electron chi connectivity index (χ4n) is 2.31. The molecule has 2 heterocycles. The van der Waals surface area contributed by atoms with Gasteiger partial charge in [0.15, 0.2) is 4.67 Å². The van der Waals surface area contributed by atoms with Gasteiger partial charge >= 0.3 is 0 Å². The number of nitrogens with one attached hydrogen (secondary N) is 1. The molecule has 2 aromatic heterocycles. The quantitative estimate of drug-likeness (QED) is 0.803. The van der Waals surface area contributed by atoms with E-state index in [2.05, 4.69) is 56.8 Å². The van der Waals surface area contributed by atoms with Crippen LogP contribution >= 0.6 is 27.3 Å². The molecule has 0 aromatic carbocycles. The maximum Gasteiger partial charge on any atom is 0.254 e. The van der Waals surface area contributed by atoms with Crippen molar-refractivity contribution < 1.29 is 9.21 Å². The van der Waals surface area contributed by atoms with Crippen molar-refractivity contribution in [2.75, 3.05) is 19.6 Å². The van der Waals surface area contributed by atoms with Crippen LogP contribution in [0.2, 0.25) is 0 Å². The summed E-state index contributed by atoms with van der Waals surface area (Å²) in [6.07, 6.45) is 1.45. The third-order valence-corrected chi connectivity index (χ3v) is 4.58. The maximum atomic E-state index is 12.1. The highest BCUT2D eigenvalue weighted by Gasteiger charge is 2.20. The number of nitrogens with zero attached hydrogens (tertiary/aromatic N) is 1. The number of thiophene rings is 1.